The second kappa shape index (κ2) is 10.4. The highest BCUT2D eigenvalue weighted by Crippen LogP contribution is 2.53. The van der Waals surface area contributed by atoms with Gasteiger partial charge in [-0.15, -0.1) is 23.1 Å². The van der Waals surface area contributed by atoms with Crippen molar-refractivity contribution in [1.82, 2.24) is 19.4 Å². The number of hydrogen-bond donors (Lipinski definition) is 1. The number of aromatic amines is 1. The van der Waals surface area contributed by atoms with Crippen molar-refractivity contribution in [2.45, 2.75) is 43.5 Å². The molecular formula is C30H28F3N5O5S3. The fraction of sp³-hybridized carbons (Fsp3) is 0.400. The Balaban J connectivity index is 1.54. The molecule has 10 nitrogen and oxygen atoms in total. The number of rotatable bonds is 3. The minimum absolute atomic E-state index is 0.0287. The van der Waals surface area contributed by atoms with Crippen molar-refractivity contribution in [3.8, 4) is 11.1 Å². The first-order valence-corrected chi connectivity index (χ1v) is 18.1. The van der Waals surface area contributed by atoms with Crippen molar-refractivity contribution in [3.05, 3.63) is 62.8 Å². The maximum Gasteiger partial charge on any atom is 0.417 e. The molecule has 3 aromatic heterocycles. The summed E-state index contributed by atoms with van der Waals surface area (Å²) in [7, 11) is -3.37. The maximum atomic E-state index is 15.2. The summed E-state index contributed by atoms with van der Waals surface area (Å²) >= 11 is 2.22. The number of amides is 1. The number of fused-ring (bicyclic) bond motifs is 1. The Kier molecular flexibility index (Phi) is 7.03. The zero-order valence-electron chi connectivity index (χ0n) is 24.7. The van der Waals surface area contributed by atoms with Crippen LogP contribution in [-0.4, -0.2) is 76.2 Å². The number of nitrogens with one attached hydrogen (secondary N) is 1. The molecule has 0 radical (unpaired) electrons. The van der Waals surface area contributed by atoms with Crippen molar-refractivity contribution < 1.29 is 26.4 Å². The Labute approximate surface area is 268 Å². The second-order valence-corrected chi connectivity index (χ2v) is 16.4. The summed E-state index contributed by atoms with van der Waals surface area (Å²) in [5.74, 6) is -0.466. The number of carbonyl (C=O) groups excluding carboxylic acids is 1. The van der Waals surface area contributed by atoms with Gasteiger partial charge >= 0.3 is 11.9 Å². The van der Waals surface area contributed by atoms with Crippen LogP contribution in [0.4, 0.5) is 19.0 Å². The van der Waals surface area contributed by atoms with Gasteiger partial charge in [0.15, 0.2) is 9.84 Å². The van der Waals surface area contributed by atoms with Crippen molar-refractivity contribution in [2.24, 2.45) is 5.41 Å². The van der Waals surface area contributed by atoms with Crippen LogP contribution in [0.1, 0.15) is 19.4 Å². The average Bonchev–Trinajstić information content (AvgIpc) is 3.31. The Morgan fingerprint density at radius 3 is 2.52 bits per heavy atom. The predicted molar refractivity (Wildman–Crippen MR) is 172 cm³/mol. The van der Waals surface area contributed by atoms with Gasteiger partial charge in [-0.1, -0.05) is 6.58 Å². The van der Waals surface area contributed by atoms with Crippen molar-refractivity contribution in [3.63, 3.8) is 0 Å². The maximum absolute atomic E-state index is 15.2. The van der Waals surface area contributed by atoms with E-state index >= 15 is 13.2 Å². The predicted octanol–water partition coefficient (Wildman–Crippen LogP) is 4.12. The molecule has 2 atom stereocenters. The molecule has 7 rings (SSSR count). The Morgan fingerprint density at radius 2 is 1.89 bits per heavy atom. The molecule has 3 aliphatic rings. The van der Waals surface area contributed by atoms with Gasteiger partial charge in [-0.3, -0.25) is 14.2 Å². The van der Waals surface area contributed by atoms with Gasteiger partial charge in [-0.25, -0.2) is 13.2 Å². The highest BCUT2D eigenvalue weighted by molar-refractivity contribution is 8.00. The van der Waals surface area contributed by atoms with Crippen molar-refractivity contribution in [2.75, 3.05) is 35.2 Å². The molecule has 1 N–H and O–H groups in total. The van der Waals surface area contributed by atoms with E-state index in [0.717, 1.165) is 29.2 Å². The summed E-state index contributed by atoms with van der Waals surface area (Å²) in [6, 6.07) is 1.88. The van der Waals surface area contributed by atoms with E-state index < -0.39 is 38.2 Å². The van der Waals surface area contributed by atoms with Crippen molar-refractivity contribution in [1.29, 1.82) is 0 Å². The van der Waals surface area contributed by atoms with Gasteiger partial charge in [0, 0.05) is 80.6 Å². The van der Waals surface area contributed by atoms with Crippen LogP contribution < -0.4 is 16.1 Å². The molecule has 0 saturated carbocycles. The number of halogens is 3. The number of aromatic nitrogens is 3. The number of carbonyl (C=O) groups is 1. The fourth-order valence-corrected chi connectivity index (χ4v) is 12.1. The van der Waals surface area contributed by atoms with Crippen LogP contribution in [0.15, 0.2) is 50.8 Å². The van der Waals surface area contributed by atoms with Gasteiger partial charge in [0.2, 0.25) is 5.91 Å². The molecule has 46 heavy (non-hydrogen) atoms. The van der Waals surface area contributed by atoms with Crippen LogP contribution in [0.3, 0.4) is 0 Å². The van der Waals surface area contributed by atoms with Gasteiger partial charge in [-0.2, -0.15) is 18.2 Å². The quantitative estimate of drug-likeness (QED) is 0.319. The van der Waals surface area contributed by atoms with E-state index in [-0.39, 0.29) is 93.0 Å². The number of H-pyrrole nitrogens is 1. The third-order valence-electron chi connectivity index (χ3n) is 8.98. The number of hydrogen-bond acceptors (Lipinski definition) is 9. The fourth-order valence-electron chi connectivity index (χ4n) is 7.30. The number of anilines is 1. The van der Waals surface area contributed by atoms with Gasteiger partial charge in [0.1, 0.15) is 5.82 Å². The third kappa shape index (κ3) is 4.78. The average molecular weight is 692 g/mol. The third-order valence-corrected chi connectivity index (χ3v) is 13.5. The molecule has 16 heteroatoms. The van der Waals surface area contributed by atoms with Gasteiger partial charge in [-0.05, 0) is 32.1 Å². The van der Waals surface area contributed by atoms with Crippen LogP contribution in [0.25, 0.3) is 32.1 Å². The number of alkyl halides is 3. The first-order valence-electron chi connectivity index (χ1n) is 14.4. The van der Waals surface area contributed by atoms with Gasteiger partial charge in [0.05, 0.1) is 28.0 Å². The zero-order chi connectivity index (χ0) is 32.9. The first kappa shape index (κ1) is 31.0. The van der Waals surface area contributed by atoms with Crippen LogP contribution in [0, 0.1) is 5.41 Å². The number of thiophene rings is 1. The number of nitrogens with zero attached hydrogens (tertiary/aromatic N) is 4. The zero-order valence-corrected chi connectivity index (χ0v) is 27.1. The molecule has 1 amide bonds. The molecule has 4 aromatic rings. The second-order valence-electron chi connectivity index (χ2n) is 12.4. The Hall–Kier alpha value is -3.63. The highest BCUT2D eigenvalue weighted by atomic mass is 32.2. The van der Waals surface area contributed by atoms with Crippen LogP contribution in [-0.2, 0) is 27.4 Å². The summed E-state index contributed by atoms with van der Waals surface area (Å²) in [4.78, 5) is 49.9. The number of benzene rings is 1. The van der Waals surface area contributed by atoms with E-state index in [1.807, 2.05) is 13.8 Å². The van der Waals surface area contributed by atoms with Crippen molar-refractivity contribution >= 4 is 65.7 Å². The SMILES string of the molecule is C=CC(=O)N1[C@H](C)CN(c2nc(=O)n3c4c(c(-c5csc6cc[nH]c(=O)c56)c(C(F)(F)F)cc24)SCC2(C3)CS(=O)(=O)C2)C[C@@H]1C. The molecule has 0 bridgehead atoms. The molecule has 3 aliphatic heterocycles. The molecule has 0 unspecified atom stereocenters. The van der Waals surface area contributed by atoms with E-state index in [4.69, 9.17) is 0 Å². The highest BCUT2D eigenvalue weighted by Gasteiger charge is 2.51. The topological polar surface area (TPSA) is 125 Å². The number of pyridine rings is 1. The molecule has 242 valence electrons. The van der Waals surface area contributed by atoms with E-state index in [1.54, 1.807) is 15.9 Å². The molecule has 2 saturated heterocycles. The van der Waals surface area contributed by atoms with Crippen LogP contribution >= 0.6 is 23.1 Å². The standard InChI is InChI=1S/C30H28F3N5O5S3/c1-4-21(39)38-15(2)8-36(9-16(38)3)26-17-7-19(30(31,32)33)22(18-10-44-20-5-6-34-27(40)23(18)20)25-24(17)37(28(41)35-26)11-29(12-45-25)13-46(42,43)14-29/h4-7,10,15-16H,1,8-9,11-14H2,2-3H3,(H,34,40)/t15-,16+. The largest absolute Gasteiger partial charge is 0.417 e. The first-order chi connectivity index (χ1) is 21.6. The lowest BCUT2D eigenvalue weighted by atomic mass is 9.93. The molecule has 2 fully saturated rings. The minimum Gasteiger partial charge on any atom is -0.352 e. The summed E-state index contributed by atoms with van der Waals surface area (Å²) in [5.41, 5.74) is -3.02. The molecule has 1 aromatic carbocycles. The molecule has 0 aliphatic carbocycles. The lowest BCUT2D eigenvalue weighted by Gasteiger charge is -2.44. The lowest BCUT2D eigenvalue weighted by Crippen LogP contribution is -2.59. The minimum atomic E-state index is -4.87. The van der Waals surface area contributed by atoms with Crippen LogP contribution in [0.5, 0.6) is 0 Å². The Bertz CT molecular complexity index is 2180. The number of piperazine rings is 1. The number of thioether (sulfide) groups is 1. The smallest absolute Gasteiger partial charge is 0.352 e. The van der Waals surface area contributed by atoms with E-state index in [9.17, 15) is 22.8 Å². The van der Waals surface area contributed by atoms with Crippen LogP contribution in [0.2, 0.25) is 0 Å². The Morgan fingerprint density at radius 1 is 1.20 bits per heavy atom. The van der Waals surface area contributed by atoms with Gasteiger partial charge < -0.3 is 14.8 Å². The number of sulfone groups is 1. The molecule has 6 heterocycles. The summed E-state index contributed by atoms with van der Waals surface area (Å²) < 4.78 is 72.1. The lowest BCUT2D eigenvalue weighted by molar-refractivity contribution is -0.137. The monoisotopic (exact) mass is 691 g/mol. The summed E-state index contributed by atoms with van der Waals surface area (Å²) in [5, 5.41) is 1.72. The molecule has 1 spiro atoms. The summed E-state index contributed by atoms with van der Waals surface area (Å²) in [6.07, 6.45) is -2.22. The van der Waals surface area contributed by atoms with E-state index in [2.05, 4.69) is 16.5 Å². The van der Waals surface area contributed by atoms with E-state index in [0.29, 0.717) is 4.70 Å². The van der Waals surface area contributed by atoms with Gasteiger partial charge in [0.25, 0.3) is 5.56 Å². The van der Waals surface area contributed by atoms with E-state index in [1.165, 1.54) is 22.2 Å². The normalized spacial score (nSPS) is 22.2. The molecular weight excluding hydrogens is 664 g/mol. The summed E-state index contributed by atoms with van der Waals surface area (Å²) in [6.45, 7) is 7.56.